The monoisotopic (exact) mass is 372 g/mol. The summed E-state index contributed by atoms with van der Waals surface area (Å²) >= 11 is 0. The molecule has 0 N–H and O–H groups in total. The highest BCUT2D eigenvalue weighted by atomic mass is 19.1. The average Bonchev–Trinajstić information content (AvgIpc) is 2.70. The molecule has 138 valence electrons. The summed E-state index contributed by atoms with van der Waals surface area (Å²) in [6.07, 6.45) is 0. The highest BCUT2D eigenvalue weighted by Gasteiger charge is 2.15. The Morgan fingerprint density at radius 3 is 2.32 bits per heavy atom. The smallest absolute Gasteiger partial charge is 0.223 e. The molecule has 0 aliphatic carbocycles. The minimum Gasteiger partial charge on any atom is -0.545 e. The van der Waals surface area contributed by atoms with E-state index >= 15 is 0 Å². The first-order valence-corrected chi connectivity index (χ1v) is 8.67. The number of halogens is 1. The standard InChI is InChI=1S/C23H16FNO3/c1-14-21(23(26)27)19-13-17(24)9-12-20(19)25-22(14)28-18-10-7-16(8-11-18)15-5-3-2-4-6-15/h2-13H,1H3,(H,26,27)/p-1. The summed E-state index contributed by atoms with van der Waals surface area (Å²) < 4.78 is 19.4. The lowest BCUT2D eigenvalue weighted by Crippen LogP contribution is -2.24. The molecule has 0 atom stereocenters. The number of fused-ring (bicyclic) bond motifs is 1. The fraction of sp³-hybridized carbons (Fsp3) is 0.0435. The molecule has 0 spiro atoms. The van der Waals surface area contributed by atoms with Crippen LogP contribution in [0.2, 0.25) is 0 Å². The molecule has 5 heteroatoms. The number of pyridine rings is 1. The van der Waals surface area contributed by atoms with E-state index in [0.717, 1.165) is 17.2 Å². The lowest BCUT2D eigenvalue weighted by atomic mass is 10.0. The SMILES string of the molecule is Cc1c(Oc2ccc(-c3ccccc3)cc2)nc2ccc(F)cc2c1C(=O)[O-]. The van der Waals surface area contributed by atoms with E-state index in [4.69, 9.17) is 4.74 Å². The summed E-state index contributed by atoms with van der Waals surface area (Å²) in [5, 5.41) is 11.8. The van der Waals surface area contributed by atoms with Crippen LogP contribution in [0.4, 0.5) is 4.39 Å². The van der Waals surface area contributed by atoms with Gasteiger partial charge in [-0.15, -0.1) is 0 Å². The Labute approximate surface area is 160 Å². The van der Waals surface area contributed by atoms with Crippen LogP contribution in [0.25, 0.3) is 22.0 Å². The maximum atomic E-state index is 13.6. The maximum Gasteiger partial charge on any atom is 0.223 e. The summed E-state index contributed by atoms with van der Waals surface area (Å²) in [7, 11) is 0. The van der Waals surface area contributed by atoms with Crippen LogP contribution in [-0.2, 0) is 0 Å². The van der Waals surface area contributed by atoms with Gasteiger partial charge in [0, 0.05) is 16.5 Å². The summed E-state index contributed by atoms with van der Waals surface area (Å²) in [6.45, 7) is 1.57. The van der Waals surface area contributed by atoms with E-state index < -0.39 is 11.8 Å². The molecule has 4 aromatic rings. The molecule has 0 fully saturated rings. The zero-order chi connectivity index (χ0) is 19.7. The highest BCUT2D eigenvalue weighted by molar-refractivity contribution is 6.03. The molecule has 0 unspecified atom stereocenters. The minimum atomic E-state index is -1.40. The number of nitrogens with zero attached hydrogens (tertiary/aromatic N) is 1. The molecule has 0 aliphatic heterocycles. The van der Waals surface area contributed by atoms with Gasteiger partial charge < -0.3 is 14.6 Å². The molecule has 4 nitrogen and oxygen atoms in total. The summed E-state index contributed by atoms with van der Waals surface area (Å²) in [5.74, 6) is -1.28. The van der Waals surface area contributed by atoms with E-state index in [2.05, 4.69) is 4.98 Å². The number of hydrogen-bond acceptors (Lipinski definition) is 4. The Kier molecular flexibility index (Phi) is 4.49. The zero-order valence-electron chi connectivity index (χ0n) is 15.0. The summed E-state index contributed by atoms with van der Waals surface area (Å²) in [4.78, 5) is 16.0. The molecule has 4 rings (SSSR count). The topological polar surface area (TPSA) is 62.2 Å². The van der Waals surface area contributed by atoms with Gasteiger partial charge in [-0.1, -0.05) is 42.5 Å². The molecule has 0 bridgehead atoms. The Bertz CT molecular complexity index is 1170. The van der Waals surface area contributed by atoms with E-state index in [1.165, 1.54) is 12.1 Å². The van der Waals surface area contributed by atoms with E-state index in [1.54, 1.807) is 19.1 Å². The number of carbonyl (C=O) groups is 1. The molecule has 1 heterocycles. The Balaban J connectivity index is 1.73. The van der Waals surface area contributed by atoms with Crippen LogP contribution in [0.5, 0.6) is 11.6 Å². The third kappa shape index (κ3) is 3.30. The van der Waals surface area contributed by atoms with E-state index in [-0.39, 0.29) is 22.4 Å². The molecule has 1 aromatic heterocycles. The normalized spacial score (nSPS) is 10.8. The number of rotatable bonds is 4. The van der Waals surface area contributed by atoms with E-state index in [1.807, 2.05) is 42.5 Å². The Morgan fingerprint density at radius 2 is 1.64 bits per heavy atom. The molecular formula is C23H15FNO3-. The van der Waals surface area contributed by atoms with Crippen molar-refractivity contribution < 1.29 is 19.0 Å². The zero-order valence-corrected chi connectivity index (χ0v) is 15.0. The van der Waals surface area contributed by atoms with Gasteiger partial charge in [0.2, 0.25) is 5.88 Å². The number of carboxylic acid groups (broad SMARTS) is 1. The van der Waals surface area contributed by atoms with E-state index in [9.17, 15) is 14.3 Å². The average molecular weight is 372 g/mol. The number of aromatic carboxylic acids is 1. The maximum absolute atomic E-state index is 13.6. The number of benzene rings is 3. The van der Waals surface area contributed by atoms with Gasteiger partial charge >= 0.3 is 0 Å². The second-order valence-corrected chi connectivity index (χ2v) is 6.36. The fourth-order valence-corrected chi connectivity index (χ4v) is 3.13. The van der Waals surface area contributed by atoms with Crippen molar-refractivity contribution in [3.05, 3.63) is 89.7 Å². The Morgan fingerprint density at radius 1 is 0.964 bits per heavy atom. The fourth-order valence-electron chi connectivity index (χ4n) is 3.13. The first-order chi connectivity index (χ1) is 13.5. The van der Waals surface area contributed by atoms with Crippen LogP contribution in [0.1, 0.15) is 15.9 Å². The second-order valence-electron chi connectivity index (χ2n) is 6.36. The van der Waals surface area contributed by atoms with Gasteiger partial charge in [0.25, 0.3) is 0 Å². The number of aromatic nitrogens is 1. The third-order valence-electron chi connectivity index (χ3n) is 4.53. The van der Waals surface area contributed by atoms with Gasteiger partial charge in [0.05, 0.1) is 11.5 Å². The number of carbonyl (C=O) groups excluding carboxylic acids is 1. The molecule has 0 radical (unpaired) electrons. The van der Waals surface area contributed by atoms with Crippen molar-refractivity contribution in [3.63, 3.8) is 0 Å². The van der Waals surface area contributed by atoms with Gasteiger partial charge in [-0.25, -0.2) is 9.37 Å². The molecular weight excluding hydrogens is 357 g/mol. The van der Waals surface area contributed by atoms with Crippen molar-refractivity contribution in [1.82, 2.24) is 4.98 Å². The van der Waals surface area contributed by atoms with E-state index in [0.29, 0.717) is 11.3 Å². The van der Waals surface area contributed by atoms with Gasteiger partial charge in [-0.05, 0) is 48.4 Å². The van der Waals surface area contributed by atoms with Crippen molar-refractivity contribution in [2.24, 2.45) is 0 Å². The van der Waals surface area contributed by atoms with Crippen molar-refractivity contribution >= 4 is 16.9 Å². The largest absolute Gasteiger partial charge is 0.545 e. The van der Waals surface area contributed by atoms with Crippen LogP contribution < -0.4 is 9.84 Å². The quantitative estimate of drug-likeness (QED) is 0.529. The lowest BCUT2D eigenvalue weighted by molar-refractivity contribution is -0.254. The van der Waals surface area contributed by atoms with Crippen molar-refractivity contribution in [3.8, 4) is 22.8 Å². The van der Waals surface area contributed by atoms with Crippen LogP contribution >= 0.6 is 0 Å². The molecule has 0 saturated carbocycles. The van der Waals surface area contributed by atoms with Crippen LogP contribution in [0.15, 0.2) is 72.8 Å². The van der Waals surface area contributed by atoms with Crippen LogP contribution in [0, 0.1) is 12.7 Å². The summed E-state index contributed by atoms with van der Waals surface area (Å²) in [6, 6.07) is 21.1. The predicted molar refractivity (Wildman–Crippen MR) is 103 cm³/mol. The molecule has 0 amide bonds. The first kappa shape index (κ1) is 17.7. The molecule has 28 heavy (non-hydrogen) atoms. The van der Waals surface area contributed by atoms with Crippen molar-refractivity contribution in [2.45, 2.75) is 6.92 Å². The third-order valence-corrected chi connectivity index (χ3v) is 4.53. The first-order valence-electron chi connectivity index (χ1n) is 8.67. The number of hydrogen-bond donors (Lipinski definition) is 0. The van der Waals surface area contributed by atoms with Crippen molar-refractivity contribution in [1.29, 1.82) is 0 Å². The number of ether oxygens (including phenoxy) is 1. The predicted octanol–water partition coefficient (Wildman–Crippen LogP) is 4.51. The molecule has 0 aliphatic rings. The minimum absolute atomic E-state index is 0.125. The van der Waals surface area contributed by atoms with Crippen molar-refractivity contribution in [2.75, 3.05) is 0 Å². The molecule has 0 saturated heterocycles. The second kappa shape index (κ2) is 7.12. The van der Waals surface area contributed by atoms with Gasteiger partial charge in [-0.3, -0.25) is 0 Å². The van der Waals surface area contributed by atoms with Gasteiger partial charge in [0.15, 0.2) is 0 Å². The Hall–Kier alpha value is -3.73. The molecule has 3 aromatic carbocycles. The van der Waals surface area contributed by atoms with Crippen LogP contribution in [-0.4, -0.2) is 11.0 Å². The number of carboxylic acids is 1. The van der Waals surface area contributed by atoms with Gasteiger partial charge in [0.1, 0.15) is 11.6 Å². The summed E-state index contributed by atoms with van der Waals surface area (Å²) in [5.41, 5.74) is 2.59. The lowest BCUT2D eigenvalue weighted by Gasteiger charge is -2.15. The highest BCUT2D eigenvalue weighted by Crippen LogP contribution is 2.31. The van der Waals surface area contributed by atoms with Crippen LogP contribution in [0.3, 0.4) is 0 Å². The van der Waals surface area contributed by atoms with Gasteiger partial charge in [-0.2, -0.15) is 0 Å².